The van der Waals surface area contributed by atoms with Crippen molar-refractivity contribution in [2.45, 2.75) is 26.4 Å². The SMILES string of the molecule is CC(C)CCNCC(O)c1cc(Cl)c(N)c(Cl)c1.Cl. The molecule has 0 aliphatic heterocycles. The third kappa shape index (κ3) is 6.19. The zero-order valence-electron chi connectivity index (χ0n) is 11.1. The summed E-state index contributed by atoms with van der Waals surface area (Å²) in [6.45, 7) is 5.68. The minimum absolute atomic E-state index is 0. The molecule has 0 radical (unpaired) electrons. The van der Waals surface area contributed by atoms with Crippen molar-refractivity contribution in [3.05, 3.63) is 27.7 Å². The molecule has 3 nitrogen and oxygen atoms in total. The van der Waals surface area contributed by atoms with Crippen LogP contribution in [-0.2, 0) is 0 Å². The van der Waals surface area contributed by atoms with Gasteiger partial charge in [0.05, 0.1) is 21.8 Å². The molecule has 110 valence electrons. The molecule has 4 N–H and O–H groups in total. The molecule has 0 spiro atoms. The number of nitrogens with one attached hydrogen (secondary N) is 1. The monoisotopic (exact) mass is 326 g/mol. The predicted molar refractivity (Wildman–Crippen MR) is 85.4 cm³/mol. The zero-order valence-corrected chi connectivity index (χ0v) is 13.4. The largest absolute Gasteiger partial charge is 0.396 e. The summed E-state index contributed by atoms with van der Waals surface area (Å²) in [6, 6.07) is 3.30. The van der Waals surface area contributed by atoms with Gasteiger partial charge in [-0.1, -0.05) is 37.0 Å². The van der Waals surface area contributed by atoms with E-state index >= 15 is 0 Å². The molecule has 1 aromatic carbocycles. The quantitative estimate of drug-likeness (QED) is 0.552. The van der Waals surface area contributed by atoms with E-state index in [0.29, 0.717) is 33.8 Å². The molecule has 1 unspecified atom stereocenters. The topological polar surface area (TPSA) is 58.3 Å². The highest BCUT2D eigenvalue weighted by atomic mass is 35.5. The Bertz CT molecular complexity index is 376. The van der Waals surface area contributed by atoms with E-state index in [4.69, 9.17) is 28.9 Å². The van der Waals surface area contributed by atoms with E-state index in [2.05, 4.69) is 19.2 Å². The standard InChI is InChI=1S/C13H20Cl2N2O.ClH/c1-8(2)3-4-17-7-12(18)9-5-10(14)13(16)11(15)6-9;/h5-6,8,12,17-18H,3-4,7,16H2,1-2H3;1H. The number of halogens is 3. The molecule has 0 saturated heterocycles. The van der Waals surface area contributed by atoms with Gasteiger partial charge >= 0.3 is 0 Å². The first-order valence-electron chi connectivity index (χ1n) is 6.05. The van der Waals surface area contributed by atoms with E-state index in [1.807, 2.05) is 0 Å². The summed E-state index contributed by atoms with van der Waals surface area (Å²) in [5, 5.41) is 14.0. The Balaban J connectivity index is 0.00000324. The lowest BCUT2D eigenvalue weighted by Gasteiger charge is -2.14. The van der Waals surface area contributed by atoms with Gasteiger partial charge in [0, 0.05) is 6.54 Å². The summed E-state index contributed by atoms with van der Waals surface area (Å²) in [6.07, 6.45) is 0.448. The van der Waals surface area contributed by atoms with Crippen molar-refractivity contribution in [3.63, 3.8) is 0 Å². The number of rotatable bonds is 6. The van der Waals surface area contributed by atoms with Crippen molar-refractivity contribution in [1.82, 2.24) is 5.32 Å². The average Bonchev–Trinajstić information content (AvgIpc) is 2.30. The highest BCUT2D eigenvalue weighted by molar-refractivity contribution is 6.38. The summed E-state index contributed by atoms with van der Waals surface area (Å²) < 4.78 is 0. The lowest BCUT2D eigenvalue weighted by Crippen LogP contribution is -2.23. The Morgan fingerprint density at radius 2 is 1.79 bits per heavy atom. The summed E-state index contributed by atoms with van der Waals surface area (Å²) in [5.74, 6) is 0.648. The lowest BCUT2D eigenvalue weighted by molar-refractivity contribution is 0.174. The first kappa shape index (κ1) is 18.8. The molecule has 19 heavy (non-hydrogen) atoms. The number of nitrogens with two attached hydrogens (primary N) is 1. The van der Waals surface area contributed by atoms with Crippen LogP contribution in [0.2, 0.25) is 10.0 Å². The van der Waals surface area contributed by atoms with Crippen molar-refractivity contribution in [2.24, 2.45) is 5.92 Å². The summed E-state index contributed by atoms with van der Waals surface area (Å²) in [7, 11) is 0. The highest BCUT2D eigenvalue weighted by Crippen LogP contribution is 2.31. The zero-order chi connectivity index (χ0) is 13.7. The van der Waals surface area contributed by atoms with Gasteiger partial charge in [-0.3, -0.25) is 0 Å². The number of hydrogen-bond donors (Lipinski definition) is 3. The lowest BCUT2D eigenvalue weighted by atomic mass is 10.1. The maximum absolute atomic E-state index is 10.0. The van der Waals surface area contributed by atoms with E-state index in [1.54, 1.807) is 12.1 Å². The fraction of sp³-hybridized carbons (Fsp3) is 0.538. The third-order valence-corrected chi connectivity index (χ3v) is 3.35. The Morgan fingerprint density at radius 1 is 1.26 bits per heavy atom. The molecular weight excluding hydrogens is 307 g/mol. The average molecular weight is 328 g/mol. The van der Waals surface area contributed by atoms with Crippen molar-refractivity contribution < 1.29 is 5.11 Å². The van der Waals surface area contributed by atoms with Gasteiger partial charge in [0.1, 0.15) is 0 Å². The normalized spacial score (nSPS) is 12.3. The van der Waals surface area contributed by atoms with Gasteiger partial charge in [-0.05, 0) is 36.6 Å². The number of benzene rings is 1. The van der Waals surface area contributed by atoms with Crippen LogP contribution in [0.4, 0.5) is 5.69 Å². The number of nitrogen functional groups attached to an aromatic ring is 1. The van der Waals surface area contributed by atoms with E-state index in [1.165, 1.54) is 0 Å². The van der Waals surface area contributed by atoms with Crippen molar-refractivity contribution in [3.8, 4) is 0 Å². The molecule has 0 aliphatic carbocycles. The Morgan fingerprint density at radius 3 is 2.26 bits per heavy atom. The number of aliphatic hydroxyl groups excluding tert-OH is 1. The van der Waals surface area contributed by atoms with Crippen LogP contribution in [0.25, 0.3) is 0 Å². The Labute approximate surface area is 130 Å². The number of hydrogen-bond acceptors (Lipinski definition) is 3. The second-order valence-electron chi connectivity index (χ2n) is 4.80. The van der Waals surface area contributed by atoms with Crippen LogP contribution in [-0.4, -0.2) is 18.2 Å². The Hall–Kier alpha value is -0.190. The molecule has 0 aromatic heterocycles. The van der Waals surface area contributed by atoms with Gasteiger partial charge < -0.3 is 16.2 Å². The van der Waals surface area contributed by atoms with E-state index in [0.717, 1.165) is 13.0 Å². The van der Waals surface area contributed by atoms with E-state index in [9.17, 15) is 5.11 Å². The molecule has 1 rings (SSSR count). The van der Waals surface area contributed by atoms with Gasteiger partial charge in [0.15, 0.2) is 0 Å². The molecule has 0 bridgehead atoms. The summed E-state index contributed by atoms with van der Waals surface area (Å²) in [5.41, 5.74) is 6.67. The fourth-order valence-electron chi connectivity index (χ4n) is 1.54. The second-order valence-corrected chi connectivity index (χ2v) is 5.62. The number of anilines is 1. The van der Waals surface area contributed by atoms with Gasteiger partial charge in [-0.2, -0.15) is 0 Å². The van der Waals surface area contributed by atoms with Crippen LogP contribution in [0.1, 0.15) is 31.9 Å². The van der Waals surface area contributed by atoms with Crippen LogP contribution in [0, 0.1) is 5.92 Å². The van der Waals surface area contributed by atoms with E-state index < -0.39 is 6.10 Å². The third-order valence-electron chi connectivity index (χ3n) is 2.72. The molecule has 0 amide bonds. The van der Waals surface area contributed by atoms with Crippen LogP contribution < -0.4 is 11.1 Å². The second kappa shape index (κ2) is 8.88. The molecule has 6 heteroatoms. The van der Waals surface area contributed by atoms with Crippen LogP contribution >= 0.6 is 35.6 Å². The maximum atomic E-state index is 10.0. The first-order chi connectivity index (χ1) is 8.41. The van der Waals surface area contributed by atoms with Gasteiger partial charge in [0.25, 0.3) is 0 Å². The molecule has 1 atom stereocenters. The molecule has 0 saturated carbocycles. The van der Waals surface area contributed by atoms with E-state index in [-0.39, 0.29) is 12.4 Å². The predicted octanol–water partition coefficient (Wildman–Crippen LogP) is 3.67. The summed E-state index contributed by atoms with van der Waals surface area (Å²) >= 11 is 11.9. The smallest absolute Gasteiger partial charge is 0.0915 e. The highest BCUT2D eigenvalue weighted by Gasteiger charge is 2.11. The van der Waals surface area contributed by atoms with Crippen LogP contribution in [0.5, 0.6) is 0 Å². The summed E-state index contributed by atoms with van der Waals surface area (Å²) in [4.78, 5) is 0. The molecule has 1 aromatic rings. The minimum Gasteiger partial charge on any atom is -0.396 e. The molecule has 0 heterocycles. The molecule has 0 aliphatic rings. The van der Waals surface area contributed by atoms with Crippen LogP contribution in [0.3, 0.4) is 0 Å². The Kier molecular flexibility index (Phi) is 8.79. The fourth-order valence-corrected chi connectivity index (χ4v) is 2.05. The molecule has 0 fully saturated rings. The van der Waals surface area contributed by atoms with Gasteiger partial charge in [-0.25, -0.2) is 0 Å². The van der Waals surface area contributed by atoms with Gasteiger partial charge in [0.2, 0.25) is 0 Å². The maximum Gasteiger partial charge on any atom is 0.0915 e. The molecular formula is C13H21Cl3N2O. The van der Waals surface area contributed by atoms with Crippen molar-refractivity contribution >= 4 is 41.3 Å². The van der Waals surface area contributed by atoms with Gasteiger partial charge in [-0.15, -0.1) is 12.4 Å². The van der Waals surface area contributed by atoms with Crippen LogP contribution in [0.15, 0.2) is 12.1 Å². The van der Waals surface area contributed by atoms with Crippen molar-refractivity contribution in [2.75, 3.05) is 18.8 Å². The first-order valence-corrected chi connectivity index (χ1v) is 6.80. The van der Waals surface area contributed by atoms with Crippen molar-refractivity contribution in [1.29, 1.82) is 0 Å². The number of aliphatic hydroxyl groups is 1. The minimum atomic E-state index is -0.632.